The Bertz CT molecular complexity index is 318. The fourth-order valence-corrected chi connectivity index (χ4v) is 2.12. The molecule has 16 heavy (non-hydrogen) atoms. The summed E-state index contributed by atoms with van der Waals surface area (Å²) >= 11 is 0. The van der Waals surface area contributed by atoms with Crippen molar-refractivity contribution >= 4 is 0 Å². The molecule has 0 spiro atoms. The molecule has 0 radical (unpaired) electrons. The lowest BCUT2D eigenvalue weighted by Gasteiger charge is -2.07. The summed E-state index contributed by atoms with van der Waals surface area (Å²) in [7, 11) is 0. The highest BCUT2D eigenvalue weighted by molar-refractivity contribution is 5.26. The maximum atomic E-state index is 8.67. The highest BCUT2D eigenvalue weighted by Gasteiger charge is 2.06. The molecule has 1 heterocycles. The summed E-state index contributed by atoms with van der Waals surface area (Å²) in [5, 5.41) is 12.1. The van der Waals surface area contributed by atoms with Crippen molar-refractivity contribution in [3.63, 3.8) is 0 Å². The first-order valence-corrected chi connectivity index (χ1v) is 6.17. The second-order valence-electron chi connectivity index (χ2n) is 4.25. The number of aryl methyl sites for hydroxylation is 1. The van der Waals surface area contributed by atoms with Gasteiger partial charge in [-0.2, -0.15) is 0 Å². The zero-order valence-corrected chi connectivity index (χ0v) is 10.7. The number of aromatic nitrogens is 1. The van der Waals surface area contributed by atoms with Crippen LogP contribution in [0, 0.1) is 13.8 Å². The largest absolute Gasteiger partial charge is 0.396 e. The highest BCUT2D eigenvalue weighted by atomic mass is 16.2. The molecule has 0 aliphatic carbocycles. The van der Waals surface area contributed by atoms with Crippen molar-refractivity contribution in [3.8, 4) is 0 Å². The van der Waals surface area contributed by atoms with Crippen LogP contribution >= 0.6 is 0 Å². The number of rotatable bonds is 7. The Morgan fingerprint density at radius 1 is 1.31 bits per heavy atom. The van der Waals surface area contributed by atoms with Gasteiger partial charge < -0.3 is 15.0 Å². The fraction of sp³-hybridized carbons (Fsp3) is 0.692. The summed E-state index contributed by atoms with van der Waals surface area (Å²) in [6.45, 7) is 9.78. The van der Waals surface area contributed by atoms with Gasteiger partial charge in [0.1, 0.15) is 0 Å². The average molecular weight is 224 g/mol. The van der Waals surface area contributed by atoms with E-state index in [2.05, 4.69) is 36.7 Å². The molecule has 1 aromatic heterocycles. The molecule has 92 valence electrons. The number of hydrogen-bond acceptors (Lipinski definition) is 2. The van der Waals surface area contributed by atoms with Crippen LogP contribution in [0.3, 0.4) is 0 Å². The van der Waals surface area contributed by atoms with E-state index in [0.717, 1.165) is 32.5 Å². The third-order valence-corrected chi connectivity index (χ3v) is 3.07. The van der Waals surface area contributed by atoms with E-state index in [0.29, 0.717) is 6.61 Å². The minimum atomic E-state index is 0.298. The SMILES string of the molecule is CCn1c(C)cc(CNCCCCO)c1C. The van der Waals surface area contributed by atoms with Gasteiger partial charge in [-0.1, -0.05) is 0 Å². The van der Waals surface area contributed by atoms with Crippen molar-refractivity contribution in [2.45, 2.75) is 46.7 Å². The standard InChI is InChI=1S/C13H24N2O/c1-4-15-11(2)9-13(12(15)3)10-14-7-5-6-8-16/h9,14,16H,4-8,10H2,1-3H3. The first-order chi connectivity index (χ1) is 7.70. The fourth-order valence-electron chi connectivity index (χ4n) is 2.12. The Balaban J connectivity index is 2.42. The number of hydrogen-bond donors (Lipinski definition) is 2. The second kappa shape index (κ2) is 6.71. The lowest BCUT2D eigenvalue weighted by atomic mass is 10.2. The van der Waals surface area contributed by atoms with Gasteiger partial charge in [-0.15, -0.1) is 0 Å². The molecule has 3 heteroatoms. The van der Waals surface area contributed by atoms with Crippen molar-refractivity contribution in [2.24, 2.45) is 0 Å². The summed E-state index contributed by atoms with van der Waals surface area (Å²) in [6.07, 6.45) is 1.93. The third kappa shape index (κ3) is 3.35. The monoisotopic (exact) mass is 224 g/mol. The smallest absolute Gasteiger partial charge is 0.0431 e. The molecule has 1 rings (SSSR count). The molecule has 0 atom stereocenters. The molecule has 0 bridgehead atoms. The Morgan fingerprint density at radius 2 is 2.06 bits per heavy atom. The second-order valence-corrected chi connectivity index (χ2v) is 4.25. The Labute approximate surface area is 98.5 Å². The highest BCUT2D eigenvalue weighted by Crippen LogP contribution is 2.14. The predicted octanol–water partition coefficient (Wildman–Crippen LogP) is 1.99. The van der Waals surface area contributed by atoms with Gasteiger partial charge in [0.2, 0.25) is 0 Å². The number of aliphatic hydroxyl groups is 1. The first kappa shape index (κ1) is 13.3. The van der Waals surface area contributed by atoms with Gasteiger partial charge in [-0.3, -0.25) is 0 Å². The molecule has 0 aliphatic heterocycles. The van der Waals surface area contributed by atoms with Crippen molar-refractivity contribution in [1.29, 1.82) is 0 Å². The van der Waals surface area contributed by atoms with Crippen LogP contribution in [0.4, 0.5) is 0 Å². The van der Waals surface area contributed by atoms with Crippen LogP contribution in [0.2, 0.25) is 0 Å². The van der Waals surface area contributed by atoms with Crippen LogP contribution in [0.5, 0.6) is 0 Å². The molecule has 3 nitrogen and oxygen atoms in total. The zero-order valence-electron chi connectivity index (χ0n) is 10.7. The molecular formula is C13H24N2O. The topological polar surface area (TPSA) is 37.2 Å². The van der Waals surface area contributed by atoms with Gasteiger partial charge in [0.25, 0.3) is 0 Å². The molecular weight excluding hydrogens is 200 g/mol. The van der Waals surface area contributed by atoms with E-state index in [1.807, 2.05) is 0 Å². The Kier molecular flexibility index (Phi) is 5.56. The summed E-state index contributed by atoms with van der Waals surface area (Å²) in [6, 6.07) is 2.26. The number of nitrogens with zero attached hydrogens (tertiary/aromatic N) is 1. The summed E-state index contributed by atoms with van der Waals surface area (Å²) < 4.78 is 2.34. The lowest BCUT2D eigenvalue weighted by molar-refractivity contribution is 0.283. The molecule has 0 saturated heterocycles. The molecule has 2 N–H and O–H groups in total. The molecule has 0 aromatic carbocycles. The molecule has 0 amide bonds. The van der Waals surface area contributed by atoms with E-state index in [-0.39, 0.29) is 0 Å². The summed E-state index contributed by atoms with van der Waals surface area (Å²) in [5.74, 6) is 0. The van der Waals surface area contributed by atoms with E-state index in [1.54, 1.807) is 0 Å². The van der Waals surface area contributed by atoms with Crippen molar-refractivity contribution in [3.05, 3.63) is 23.0 Å². The van der Waals surface area contributed by atoms with Gasteiger partial charge in [0, 0.05) is 31.1 Å². The van der Waals surface area contributed by atoms with Crippen LogP contribution in [0.15, 0.2) is 6.07 Å². The predicted molar refractivity (Wildman–Crippen MR) is 67.6 cm³/mol. The van der Waals surface area contributed by atoms with Gasteiger partial charge >= 0.3 is 0 Å². The van der Waals surface area contributed by atoms with Crippen molar-refractivity contribution in [2.75, 3.05) is 13.2 Å². The number of nitrogens with one attached hydrogen (secondary N) is 1. The van der Waals surface area contributed by atoms with Gasteiger partial charge in [0.15, 0.2) is 0 Å². The van der Waals surface area contributed by atoms with Crippen molar-refractivity contribution in [1.82, 2.24) is 9.88 Å². The van der Waals surface area contributed by atoms with Gasteiger partial charge in [0.05, 0.1) is 0 Å². The maximum absolute atomic E-state index is 8.67. The van der Waals surface area contributed by atoms with E-state index < -0.39 is 0 Å². The molecule has 0 aliphatic rings. The van der Waals surface area contributed by atoms with Crippen LogP contribution in [-0.4, -0.2) is 22.8 Å². The lowest BCUT2D eigenvalue weighted by Crippen LogP contribution is -2.15. The molecule has 0 saturated carbocycles. The van der Waals surface area contributed by atoms with E-state index in [9.17, 15) is 0 Å². The molecule has 0 unspecified atom stereocenters. The minimum absolute atomic E-state index is 0.298. The van der Waals surface area contributed by atoms with Crippen molar-refractivity contribution < 1.29 is 5.11 Å². The van der Waals surface area contributed by atoms with Crippen LogP contribution in [0.25, 0.3) is 0 Å². The summed E-state index contributed by atoms with van der Waals surface area (Å²) in [5.41, 5.74) is 4.10. The van der Waals surface area contributed by atoms with Crippen LogP contribution in [0.1, 0.15) is 36.7 Å². The normalized spacial score (nSPS) is 11.0. The van der Waals surface area contributed by atoms with E-state index in [1.165, 1.54) is 17.0 Å². The zero-order chi connectivity index (χ0) is 12.0. The first-order valence-electron chi connectivity index (χ1n) is 6.17. The van der Waals surface area contributed by atoms with Crippen LogP contribution in [-0.2, 0) is 13.1 Å². The minimum Gasteiger partial charge on any atom is -0.396 e. The Hall–Kier alpha value is -0.800. The number of unbranched alkanes of at least 4 members (excludes halogenated alkanes) is 1. The Morgan fingerprint density at radius 3 is 2.62 bits per heavy atom. The third-order valence-electron chi connectivity index (χ3n) is 3.07. The van der Waals surface area contributed by atoms with Gasteiger partial charge in [-0.25, -0.2) is 0 Å². The van der Waals surface area contributed by atoms with E-state index >= 15 is 0 Å². The summed E-state index contributed by atoms with van der Waals surface area (Å²) in [4.78, 5) is 0. The maximum Gasteiger partial charge on any atom is 0.0431 e. The average Bonchev–Trinajstić information content (AvgIpc) is 2.53. The number of aliphatic hydroxyl groups excluding tert-OH is 1. The molecule has 1 aromatic rings. The van der Waals surface area contributed by atoms with E-state index in [4.69, 9.17) is 5.11 Å². The van der Waals surface area contributed by atoms with Gasteiger partial charge in [-0.05, 0) is 51.8 Å². The quantitative estimate of drug-likeness (QED) is 0.695. The molecule has 0 fully saturated rings. The van der Waals surface area contributed by atoms with Crippen LogP contribution < -0.4 is 5.32 Å².